The van der Waals surface area contributed by atoms with Crippen LogP contribution in [0, 0.1) is 12.7 Å². The van der Waals surface area contributed by atoms with Crippen molar-refractivity contribution in [3.8, 4) is 11.4 Å². The van der Waals surface area contributed by atoms with Crippen molar-refractivity contribution >= 4 is 17.6 Å². The molecule has 0 saturated carbocycles. The third kappa shape index (κ3) is 4.27. The highest BCUT2D eigenvalue weighted by molar-refractivity contribution is 6.05. The number of rotatable bonds is 6. The SMILES string of the molecule is CCOC(=O)c1ccn(-c2cccc(NC(=O)c3cnn(-c4ccc(F)cc4)c3C)c2)n1. The first-order valence-corrected chi connectivity index (χ1v) is 9.91. The van der Waals surface area contributed by atoms with Crippen LogP contribution in [-0.4, -0.2) is 38.0 Å². The molecular formula is C23H20FN5O3. The van der Waals surface area contributed by atoms with Gasteiger partial charge in [0.2, 0.25) is 0 Å². The smallest absolute Gasteiger partial charge is 0.358 e. The van der Waals surface area contributed by atoms with E-state index in [4.69, 9.17) is 4.74 Å². The van der Waals surface area contributed by atoms with E-state index in [9.17, 15) is 14.0 Å². The number of benzene rings is 2. The molecule has 1 N–H and O–H groups in total. The summed E-state index contributed by atoms with van der Waals surface area (Å²) < 4.78 is 21.2. The van der Waals surface area contributed by atoms with Crippen LogP contribution in [0.1, 0.15) is 33.5 Å². The maximum Gasteiger partial charge on any atom is 0.358 e. The van der Waals surface area contributed by atoms with Gasteiger partial charge in [-0.1, -0.05) is 6.07 Å². The van der Waals surface area contributed by atoms with Crippen LogP contribution in [0.25, 0.3) is 11.4 Å². The molecule has 2 heterocycles. The van der Waals surface area contributed by atoms with Crippen molar-refractivity contribution in [2.24, 2.45) is 0 Å². The van der Waals surface area contributed by atoms with Crippen molar-refractivity contribution in [3.63, 3.8) is 0 Å². The van der Waals surface area contributed by atoms with Crippen molar-refractivity contribution in [1.29, 1.82) is 0 Å². The van der Waals surface area contributed by atoms with Gasteiger partial charge in [0.05, 0.1) is 35.4 Å². The van der Waals surface area contributed by atoms with Gasteiger partial charge in [0.25, 0.3) is 5.91 Å². The Hall–Kier alpha value is -4.27. The van der Waals surface area contributed by atoms with Crippen LogP contribution in [0.3, 0.4) is 0 Å². The number of hydrogen-bond donors (Lipinski definition) is 1. The topological polar surface area (TPSA) is 91.0 Å². The van der Waals surface area contributed by atoms with Gasteiger partial charge in [-0.05, 0) is 62.4 Å². The summed E-state index contributed by atoms with van der Waals surface area (Å²) in [5.41, 5.74) is 3.08. The van der Waals surface area contributed by atoms with E-state index in [1.54, 1.807) is 67.2 Å². The van der Waals surface area contributed by atoms with Gasteiger partial charge in [0.15, 0.2) is 5.69 Å². The quantitative estimate of drug-likeness (QED) is 0.465. The van der Waals surface area contributed by atoms with E-state index < -0.39 is 5.97 Å². The van der Waals surface area contributed by atoms with E-state index in [-0.39, 0.29) is 24.0 Å². The summed E-state index contributed by atoms with van der Waals surface area (Å²) in [6, 6.07) is 14.5. The summed E-state index contributed by atoms with van der Waals surface area (Å²) in [4.78, 5) is 24.7. The highest BCUT2D eigenvalue weighted by Gasteiger charge is 2.16. The molecule has 0 bridgehead atoms. The fourth-order valence-corrected chi connectivity index (χ4v) is 3.18. The lowest BCUT2D eigenvalue weighted by Crippen LogP contribution is -2.13. The largest absolute Gasteiger partial charge is 0.461 e. The predicted molar refractivity (Wildman–Crippen MR) is 116 cm³/mol. The molecule has 1 amide bonds. The number of amides is 1. The molecule has 0 radical (unpaired) electrons. The number of esters is 1. The molecule has 0 aliphatic heterocycles. The third-order valence-corrected chi connectivity index (χ3v) is 4.77. The highest BCUT2D eigenvalue weighted by Crippen LogP contribution is 2.19. The Morgan fingerprint density at radius 2 is 1.88 bits per heavy atom. The molecule has 4 rings (SSSR count). The number of halogens is 1. The monoisotopic (exact) mass is 433 g/mol. The Labute approximate surface area is 183 Å². The van der Waals surface area contributed by atoms with Gasteiger partial charge in [0, 0.05) is 11.9 Å². The Morgan fingerprint density at radius 1 is 1.09 bits per heavy atom. The minimum absolute atomic E-state index is 0.199. The van der Waals surface area contributed by atoms with Gasteiger partial charge < -0.3 is 10.1 Å². The molecule has 9 heteroatoms. The van der Waals surface area contributed by atoms with Crippen LogP contribution >= 0.6 is 0 Å². The molecule has 8 nitrogen and oxygen atoms in total. The van der Waals surface area contributed by atoms with E-state index in [0.29, 0.717) is 28.3 Å². The zero-order valence-corrected chi connectivity index (χ0v) is 17.4. The number of carbonyl (C=O) groups is 2. The van der Waals surface area contributed by atoms with Crippen LogP contribution in [0.15, 0.2) is 67.0 Å². The number of anilines is 1. The van der Waals surface area contributed by atoms with Gasteiger partial charge in [-0.2, -0.15) is 10.2 Å². The summed E-state index contributed by atoms with van der Waals surface area (Å²) in [7, 11) is 0. The minimum Gasteiger partial charge on any atom is -0.461 e. The van der Waals surface area contributed by atoms with Crippen molar-refractivity contribution < 1.29 is 18.7 Å². The fourth-order valence-electron chi connectivity index (χ4n) is 3.18. The van der Waals surface area contributed by atoms with Crippen LogP contribution in [0.5, 0.6) is 0 Å². The Kier molecular flexibility index (Phi) is 5.80. The van der Waals surface area contributed by atoms with E-state index >= 15 is 0 Å². The second-order valence-corrected chi connectivity index (χ2v) is 6.90. The second kappa shape index (κ2) is 8.84. The fraction of sp³-hybridized carbons (Fsp3) is 0.130. The Morgan fingerprint density at radius 3 is 2.62 bits per heavy atom. The van der Waals surface area contributed by atoms with Crippen LogP contribution < -0.4 is 5.32 Å². The maximum absolute atomic E-state index is 13.2. The number of nitrogens with one attached hydrogen (secondary N) is 1. The van der Waals surface area contributed by atoms with Crippen LogP contribution in [0.4, 0.5) is 10.1 Å². The zero-order valence-electron chi connectivity index (χ0n) is 17.4. The molecule has 0 aliphatic rings. The molecule has 2 aromatic heterocycles. The van der Waals surface area contributed by atoms with Gasteiger partial charge >= 0.3 is 5.97 Å². The number of carbonyl (C=O) groups excluding carboxylic acids is 2. The number of nitrogens with zero attached hydrogens (tertiary/aromatic N) is 4. The van der Waals surface area contributed by atoms with Crippen molar-refractivity contribution in [3.05, 3.63) is 89.8 Å². The van der Waals surface area contributed by atoms with Gasteiger partial charge in [0.1, 0.15) is 5.82 Å². The first-order valence-electron chi connectivity index (χ1n) is 9.91. The standard InChI is InChI=1S/C23H20FN5O3/c1-3-32-23(31)21-11-12-28(27-21)19-6-4-5-17(13-19)26-22(30)20-14-25-29(15(20)2)18-9-7-16(24)8-10-18/h4-14H,3H2,1-2H3,(H,26,30). The first kappa shape index (κ1) is 21.0. The average Bonchev–Trinajstić information content (AvgIpc) is 3.42. The molecule has 32 heavy (non-hydrogen) atoms. The number of hydrogen-bond acceptors (Lipinski definition) is 5. The van der Waals surface area contributed by atoms with E-state index in [0.717, 1.165) is 0 Å². The van der Waals surface area contributed by atoms with E-state index in [1.165, 1.54) is 23.0 Å². The zero-order chi connectivity index (χ0) is 22.7. The predicted octanol–water partition coefficient (Wildman–Crippen LogP) is 3.93. The van der Waals surface area contributed by atoms with Crippen molar-refractivity contribution in [2.75, 3.05) is 11.9 Å². The molecule has 0 atom stereocenters. The molecule has 0 spiro atoms. The summed E-state index contributed by atoms with van der Waals surface area (Å²) >= 11 is 0. The second-order valence-electron chi connectivity index (χ2n) is 6.90. The van der Waals surface area contributed by atoms with Gasteiger partial charge in [-0.25, -0.2) is 18.5 Å². The minimum atomic E-state index is -0.496. The molecule has 0 aliphatic carbocycles. The summed E-state index contributed by atoms with van der Waals surface area (Å²) in [6.45, 7) is 3.76. The molecular weight excluding hydrogens is 413 g/mol. The van der Waals surface area contributed by atoms with Crippen molar-refractivity contribution in [1.82, 2.24) is 19.6 Å². The summed E-state index contributed by atoms with van der Waals surface area (Å²) in [5, 5.41) is 11.3. The van der Waals surface area contributed by atoms with Crippen molar-refractivity contribution in [2.45, 2.75) is 13.8 Å². The first-order chi connectivity index (χ1) is 15.5. The normalized spacial score (nSPS) is 10.7. The highest BCUT2D eigenvalue weighted by atomic mass is 19.1. The average molecular weight is 433 g/mol. The lowest BCUT2D eigenvalue weighted by atomic mass is 10.2. The molecule has 0 unspecified atom stereocenters. The van der Waals surface area contributed by atoms with E-state index in [1.807, 2.05) is 0 Å². The van der Waals surface area contributed by atoms with Crippen LogP contribution in [-0.2, 0) is 4.74 Å². The Balaban J connectivity index is 1.52. The molecule has 4 aromatic rings. The lowest BCUT2D eigenvalue weighted by molar-refractivity contribution is 0.0519. The van der Waals surface area contributed by atoms with Gasteiger partial charge in [-0.3, -0.25) is 4.79 Å². The third-order valence-electron chi connectivity index (χ3n) is 4.77. The molecule has 2 aromatic carbocycles. The van der Waals surface area contributed by atoms with Crippen LogP contribution in [0.2, 0.25) is 0 Å². The van der Waals surface area contributed by atoms with E-state index in [2.05, 4.69) is 15.5 Å². The summed E-state index contributed by atoms with van der Waals surface area (Å²) in [5.74, 6) is -1.17. The lowest BCUT2D eigenvalue weighted by Gasteiger charge is -2.08. The molecule has 0 fully saturated rings. The molecule has 162 valence electrons. The molecule has 0 saturated heterocycles. The maximum atomic E-state index is 13.2. The van der Waals surface area contributed by atoms with Gasteiger partial charge in [-0.15, -0.1) is 0 Å². The number of aromatic nitrogens is 4. The number of ether oxygens (including phenoxy) is 1. The summed E-state index contributed by atoms with van der Waals surface area (Å²) in [6.07, 6.45) is 3.11. The Bertz CT molecular complexity index is 1280.